The minimum Gasteiger partial charge on any atom is -0.465 e. The number of nitrogens with one attached hydrogen (secondary N) is 1. The van der Waals surface area contributed by atoms with Crippen LogP contribution in [0.4, 0.5) is 5.69 Å². The molecule has 3 nitrogen and oxygen atoms in total. The lowest BCUT2D eigenvalue weighted by atomic mass is 9.96. The van der Waals surface area contributed by atoms with E-state index in [0.29, 0.717) is 5.56 Å². The van der Waals surface area contributed by atoms with Crippen molar-refractivity contribution in [2.24, 2.45) is 5.41 Å². The van der Waals surface area contributed by atoms with Gasteiger partial charge in [-0.15, -0.1) is 11.8 Å². The number of rotatable bonds is 1. The molecule has 1 aliphatic heterocycles. The predicted molar refractivity (Wildman–Crippen MR) is 70.8 cm³/mol. The van der Waals surface area contributed by atoms with Gasteiger partial charge in [0.25, 0.3) is 0 Å². The van der Waals surface area contributed by atoms with Gasteiger partial charge in [0.1, 0.15) is 0 Å². The van der Waals surface area contributed by atoms with E-state index in [4.69, 9.17) is 4.74 Å². The number of fused-ring (bicyclic) bond motifs is 1. The van der Waals surface area contributed by atoms with Gasteiger partial charge in [0.15, 0.2) is 0 Å². The number of esters is 1. The summed E-state index contributed by atoms with van der Waals surface area (Å²) < 4.78 is 4.73. The number of hydrogen-bond donors (Lipinski definition) is 1. The van der Waals surface area contributed by atoms with Gasteiger partial charge < -0.3 is 10.1 Å². The molecule has 1 aromatic carbocycles. The third-order valence-electron chi connectivity index (χ3n) is 2.78. The van der Waals surface area contributed by atoms with Crippen LogP contribution < -0.4 is 5.32 Å². The van der Waals surface area contributed by atoms with Crippen molar-refractivity contribution >= 4 is 23.4 Å². The highest BCUT2D eigenvalue weighted by Crippen LogP contribution is 2.37. The molecule has 0 saturated carbocycles. The number of ether oxygens (including phenoxy) is 1. The Bertz CT molecular complexity index is 443. The zero-order chi connectivity index (χ0) is 12.5. The van der Waals surface area contributed by atoms with Gasteiger partial charge in [0, 0.05) is 22.9 Å². The molecule has 4 heteroatoms. The lowest BCUT2D eigenvalue weighted by Gasteiger charge is -2.21. The molecule has 17 heavy (non-hydrogen) atoms. The second-order valence-electron chi connectivity index (χ2n) is 5.01. The summed E-state index contributed by atoms with van der Waals surface area (Å²) in [6, 6.07) is 5.66. The maximum absolute atomic E-state index is 11.5. The third kappa shape index (κ3) is 2.75. The number of carbonyl (C=O) groups excluding carboxylic acids is 1. The quantitative estimate of drug-likeness (QED) is 0.779. The molecule has 0 aliphatic carbocycles. The molecule has 1 heterocycles. The van der Waals surface area contributed by atoms with Crippen LogP contribution in [0.2, 0.25) is 0 Å². The monoisotopic (exact) mass is 251 g/mol. The fraction of sp³-hybridized carbons (Fsp3) is 0.462. The first kappa shape index (κ1) is 12.3. The molecule has 1 aliphatic rings. The molecule has 92 valence electrons. The fourth-order valence-electron chi connectivity index (χ4n) is 1.69. The Morgan fingerprint density at radius 1 is 1.47 bits per heavy atom. The van der Waals surface area contributed by atoms with Gasteiger partial charge in [-0.25, -0.2) is 4.79 Å². The van der Waals surface area contributed by atoms with Crippen molar-refractivity contribution in [2.45, 2.75) is 18.7 Å². The van der Waals surface area contributed by atoms with E-state index in [9.17, 15) is 4.79 Å². The highest BCUT2D eigenvalue weighted by molar-refractivity contribution is 7.99. The second kappa shape index (κ2) is 4.61. The van der Waals surface area contributed by atoms with Crippen molar-refractivity contribution in [3.05, 3.63) is 23.8 Å². The highest BCUT2D eigenvalue weighted by Gasteiger charge is 2.23. The summed E-state index contributed by atoms with van der Waals surface area (Å²) in [5.41, 5.74) is 1.98. The summed E-state index contributed by atoms with van der Waals surface area (Å²) in [7, 11) is 1.41. The Hall–Kier alpha value is -1.16. The highest BCUT2D eigenvalue weighted by atomic mass is 32.2. The van der Waals surface area contributed by atoms with Crippen LogP contribution in [0.25, 0.3) is 0 Å². The molecule has 1 aromatic rings. The first-order valence-corrected chi connectivity index (χ1v) is 6.59. The second-order valence-corrected chi connectivity index (χ2v) is 6.03. The lowest BCUT2D eigenvalue weighted by Crippen LogP contribution is -2.23. The molecule has 0 fully saturated rings. The smallest absolute Gasteiger partial charge is 0.337 e. The Balaban J connectivity index is 2.29. The molecular formula is C13H17NO2S. The first-order valence-electron chi connectivity index (χ1n) is 5.61. The van der Waals surface area contributed by atoms with Crippen molar-refractivity contribution in [2.75, 3.05) is 24.7 Å². The topological polar surface area (TPSA) is 38.3 Å². The number of carbonyl (C=O) groups is 1. The summed E-state index contributed by atoms with van der Waals surface area (Å²) in [4.78, 5) is 12.6. The van der Waals surface area contributed by atoms with E-state index in [-0.39, 0.29) is 11.4 Å². The average molecular weight is 251 g/mol. The number of methoxy groups -OCH3 is 1. The van der Waals surface area contributed by atoms with Crippen molar-refractivity contribution in [3.8, 4) is 0 Å². The summed E-state index contributed by atoms with van der Waals surface area (Å²) in [5.74, 6) is 0.759. The minimum atomic E-state index is -0.281. The summed E-state index contributed by atoms with van der Waals surface area (Å²) in [5, 5.41) is 3.43. The van der Waals surface area contributed by atoms with Gasteiger partial charge in [0.05, 0.1) is 12.7 Å². The Labute approximate surface area is 106 Å². The maximum Gasteiger partial charge on any atom is 0.337 e. The first-order chi connectivity index (χ1) is 8.02. The van der Waals surface area contributed by atoms with Crippen molar-refractivity contribution in [1.82, 2.24) is 0 Å². The normalized spacial score (nSPS) is 17.6. The van der Waals surface area contributed by atoms with E-state index in [2.05, 4.69) is 19.2 Å². The van der Waals surface area contributed by atoms with Gasteiger partial charge in [-0.1, -0.05) is 13.8 Å². The Kier molecular flexibility index (Phi) is 3.33. The number of hydrogen-bond acceptors (Lipinski definition) is 4. The standard InChI is InChI=1S/C13H17NO2S/c1-13(2)7-14-10-5-4-9(12(15)16-3)6-11(10)17-8-13/h4-6,14H,7-8H2,1-3H3. The van der Waals surface area contributed by atoms with Crippen LogP contribution in [0.5, 0.6) is 0 Å². The maximum atomic E-state index is 11.5. The molecule has 0 unspecified atom stereocenters. The van der Waals surface area contributed by atoms with E-state index in [1.807, 2.05) is 12.1 Å². The van der Waals surface area contributed by atoms with E-state index < -0.39 is 0 Å². The van der Waals surface area contributed by atoms with E-state index >= 15 is 0 Å². The SMILES string of the molecule is COC(=O)c1ccc2c(c1)SCC(C)(C)CN2. The zero-order valence-corrected chi connectivity index (χ0v) is 11.2. The lowest BCUT2D eigenvalue weighted by molar-refractivity contribution is 0.0600. The summed E-state index contributed by atoms with van der Waals surface area (Å²) in [6.07, 6.45) is 0. The molecule has 1 N–H and O–H groups in total. The Morgan fingerprint density at radius 2 is 2.24 bits per heavy atom. The van der Waals surface area contributed by atoms with Crippen molar-refractivity contribution < 1.29 is 9.53 Å². The summed E-state index contributed by atoms with van der Waals surface area (Å²) in [6.45, 7) is 5.42. The fourth-order valence-corrected chi connectivity index (χ4v) is 2.85. The van der Waals surface area contributed by atoms with Gasteiger partial charge in [0.2, 0.25) is 0 Å². The van der Waals surface area contributed by atoms with Crippen LogP contribution in [0.15, 0.2) is 23.1 Å². The number of anilines is 1. The molecule has 0 bridgehead atoms. The average Bonchev–Trinajstić information content (AvgIpc) is 2.47. The third-order valence-corrected chi connectivity index (χ3v) is 4.35. The summed E-state index contributed by atoms with van der Waals surface area (Å²) >= 11 is 1.79. The largest absolute Gasteiger partial charge is 0.465 e. The number of benzene rings is 1. The zero-order valence-electron chi connectivity index (χ0n) is 10.4. The molecule has 0 atom stereocenters. The van der Waals surface area contributed by atoms with E-state index in [1.165, 1.54) is 7.11 Å². The van der Waals surface area contributed by atoms with Crippen LogP contribution >= 0.6 is 11.8 Å². The molecule has 0 aromatic heterocycles. The van der Waals surface area contributed by atoms with Crippen molar-refractivity contribution in [1.29, 1.82) is 0 Å². The van der Waals surface area contributed by atoms with Gasteiger partial charge in [-0.3, -0.25) is 0 Å². The number of thioether (sulfide) groups is 1. The molecular weight excluding hydrogens is 234 g/mol. The van der Waals surface area contributed by atoms with Gasteiger partial charge in [-0.2, -0.15) is 0 Å². The molecule has 0 amide bonds. The molecule has 0 spiro atoms. The molecule has 0 saturated heterocycles. The molecule has 0 radical (unpaired) electrons. The van der Waals surface area contributed by atoms with Gasteiger partial charge >= 0.3 is 5.97 Å². The van der Waals surface area contributed by atoms with Crippen molar-refractivity contribution in [3.63, 3.8) is 0 Å². The van der Waals surface area contributed by atoms with Crippen LogP contribution in [-0.2, 0) is 4.74 Å². The van der Waals surface area contributed by atoms with Crippen LogP contribution in [0.1, 0.15) is 24.2 Å². The van der Waals surface area contributed by atoms with Crippen LogP contribution in [0.3, 0.4) is 0 Å². The Morgan fingerprint density at radius 3 is 2.94 bits per heavy atom. The molecule has 2 rings (SSSR count). The van der Waals surface area contributed by atoms with E-state index in [0.717, 1.165) is 22.9 Å². The van der Waals surface area contributed by atoms with Crippen LogP contribution in [-0.4, -0.2) is 25.4 Å². The predicted octanol–water partition coefficient (Wildman–Crippen LogP) is 3.02. The van der Waals surface area contributed by atoms with E-state index in [1.54, 1.807) is 17.8 Å². The van der Waals surface area contributed by atoms with Crippen LogP contribution in [0, 0.1) is 5.41 Å². The van der Waals surface area contributed by atoms with Gasteiger partial charge in [-0.05, 0) is 23.6 Å². The minimum absolute atomic E-state index is 0.259.